The van der Waals surface area contributed by atoms with Crippen LogP contribution in [0.15, 0.2) is 43.0 Å². The summed E-state index contributed by atoms with van der Waals surface area (Å²) in [6.45, 7) is 5.76. The number of H-pyrrole nitrogens is 2. The number of nitrogens with two attached hydrogens (primary N) is 2. The lowest BCUT2D eigenvalue weighted by Gasteiger charge is -2.24. The van der Waals surface area contributed by atoms with Crippen LogP contribution >= 0.6 is 11.8 Å². The van der Waals surface area contributed by atoms with Crippen LogP contribution in [0.4, 0.5) is 0 Å². The minimum Gasteiger partial charge on any atom is -0.369 e. The monoisotopic (exact) mass is 961 g/mol. The molecule has 2 heterocycles. The predicted molar refractivity (Wildman–Crippen MR) is 255 cm³/mol. The number of hydrogen-bond donors (Lipinski definition) is 12. The van der Waals surface area contributed by atoms with Crippen LogP contribution in [0, 0.1) is 35.5 Å². The van der Waals surface area contributed by atoms with Gasteiger partial charge in [-0.15, -0.1) is 0 Å². The van der Waals surface area contributed by atoms with Crippen LogP contribution in [0.2, 0.25) is 0 Å². The first-order valence-electron chi connectivity index (χ1n) is 21.8. The van der Waals surface area contributed by atoms with E-state index in [0.717, 1.165) is 16.5 Å². The summed E-state index contributed by atoms with van der Waals surface area (Å²) in [4.78, 5) is 119. The van der Waals surface area contributed by atoms with Crippen molar-refractivity contribution in [2.75, 3.05) is 38.8 Å². The summed E-state index contributed by atoms with van der Waals surface area (Å²) in [6, 6.07) is 1.13. The van der Waals surface area contributed by atoms with E-state index in [-0.39, 0.29) is 38.2 Å². The van der Waals surface area contributed by atoms with Crippen LogP contribution in [0.25, 0.3) is 10.9 Å². The smallest absolute Gasteiger partial charge is 0.255 e. The van der Waals surface area contributed by atoms with Gasteiger partial charge in [0.25, 0.3) is 5.91 Å². The number of aromatic nitrogens is 3. The summed E-state index contributed by atoms with van der Waals surface area (Å²) < 4.78 is 0. The van der Waals surface area contributed by atoms with Gasteiger partial charge in [-0.05, 0) is 43.0 Å². The highest BCUT2D eigenvalue weighted by Gasteiger charge is 2.30. The number of fused-ring (bicyclic) bond motifs is 1. The van der Waals surface area contributed by atoms with Crippen LogP contribution < -0.4 is 54.2 Å². The number of nitrogens with zero attached hydrogens (tertiary/aromatic N) is 1. The number of benzene rings is 1. The molecule has 23 heteroatoms. The van der Waals surface area contributed by atoms with Crippen LogP contribution in [-0.4, -0.2) is 137 Å². The van der Waals surface area contributed by atoms with Crippen molar-refractivity contribution in [3.8, 4) is 23.7 Å². The molecule has 0 aliphatic rings. The van der Waals surface area contributed by atoms with Crippen molar-refractivity contribution in [3.05, 3.63) is 54.2 Å². The molecule has 0 radical (unpaired) electrons. The largest absolute Gasteiger partial charge is 0.369 e. The van der Waals surface area contributed by atoms with Crippen LogP contribution in [-0.2, 0) is 56.0 Å². The summed E-state index contributed by atoms with van der Waals surface area (Å²) >= 11 is 1.46. The molecule has 0 aliphatic heterocycles. The van der Waals surface area contributed by atoms with Gasteiger partial charge in [-0.3, -0.25) is 43.2 Å². The van der Waals surface area contributed by atoms with Gasteiger partial charge in [-0.25, -0.2) is 4.98 Å². The summed E-state index contributed by atoms with van der Waals surface area (Å²) in [5.41, 5.74) is 15.6. The lowest BCUT2D eigenvalue weighted by molar-refractivity contribution is -0.133. The molecule has 2 aromatic heterocycles. The van der Waals surface area contributed by atoms with Gasteiger partial charge in [0, 0.05) is 47.8 Å². The number of amides is 8. The fourth-order valence-electron chi connectivity index (χ4n) is 6.23. The molecule has 0 fully saturated rings. The zero-order valence-corrected chi connectivity index (χ0v) is 39.8. The van der Waals surface area contributed by atoms with Gasteiger partial charge in [-0.2, -0.15) is 17.2 Å². The van der Waals surface area contributed by atoms with Gasteiger partial charge in [-0.1, -0.05) is 69.6 Å². The molecule has 368 valence electrons. The van der Waals surface area contributed by atoms with Gasteiger partial charge in [0.15, 0.2) is 6.04 Å². The van der Waals surface area contributed by atoms with Crippen molar-refractivity contribution in [2.24, 2.45) is 23.3 Å². The minimum atomic E-state index is -1.42. The Bertz CT molecular complexity index is 2310. The summed E-state index contributed by atoms with van der Waals surface area (Å²) in [5.74, 6) is 5.23. The first-order valence-corrected chi connectivity index (χ1v) is 23.2. The number of carbonyl (C=O) groups is 8. The highest BCUT2D eigenvalue weighted by atomic mass is 32.2. The van der Waals surface area contributed by atoms with E-state index < -0.39 is 103 Å². The number of nitrogens with one attached hydrogen (secondary N) is 10. The number of para-hydroxylation sites is 1. The van der Waals surface area contributed by atoms with E-state index in [4.69, 9.17) is 16.3 Å². The maximum absolute atomic E-state index is 13.7. The maximum atomic E-state index is 13.7. The normalized spacial score (nSPS) is 13.5. The van der Waals surface area contributed by atoms with Gasteiger partial charge in [0.1, 0.15) is 24.2 Å². The Morgan fingerprint density at radius 2 is 1.50 bits per heavy atom. The molecular formula is C45H63N13O9S. The maximum Gasteiger partial charge on any atom is 0.255 e. The average Bonchev–Trinajstić information content (AvgIpc) is 3.97. The third-order valence-corrected chi connectivity index (χ3v) is 10.5. The van der Waals surface area contributed by atoms with Crippen molar-refractivity contribution in [1.29, 1.82) is 0 Å². The van der Waals surface area contributed by atoms with Crippen molar-refractivity contribution in [1.82, 2.24) is 57.6 Å². The van der Waals surface area contributed by atoms with E-state index in [0.29, 0.717) is 11.4 Å². The molecule has 0 saturated carbocycles. The number of aromatic amines is 2. The highest BCUT2D eigenvalue weighted by Crippen LogP contribution is 2.19. The van der Waals surface area contributed by atoms with E-state index in [2.05, 4.69) is 81.3 Å². The number of primary amides is 2. The van der Waals surface area contributed by atoms with Crippen LogP contribution in [0.3, 0.4) is 0 Å². The molecule has 0 saturated heterocycles. The van der Waals surface area contributed by atoms with Gasteiger partial charge in [0.2, 0.25) is 41.4 Å². The number of hydrogen-bond acceptors (Lipinski definition) is 13. The van der Waals surface area contributed by atoms with E-state index in [1.807, 2.05) is 30.5 Å². The van der Waals surface area contributed by atoms with E-state index in [9.17, 15) is 38.4 Å². The molecule has 14 N–H and O–H groups in total. The van der Waals surface area contributed by atoms with Crippen LogP contribution in [0.1, 0.15) is 51.8 Å². The Balaban J connectivity index is 1.66. The second-order valence-corrected chi connectivity index (χ2v) is 17.1. The summed E-state index contributed by atoms with van der Waals surface area (Å²) in [6.07, 6.45) is 6.60. The van der Waals surface area contributed by atoms with Crippen LogP contribution in [0.5, 0.6) is 0 Å². The molecule has 3 aromatic rings. The molecule has 3 rings (SSSR count). The number of thioether (sulfide) groups is 1. The summed E-state index contributed by atoms with van der Waals surface area (Å²) in [5, 5.41) is 19.2. The quantitative estimate of drug-likeness (QED) is 0.0285. The molecule has 1 aromatic carbocycles. The standard InChI is InChI=1S/C45H63N13O9S/c1-26(2)14-15-34(43(64)55-33(41(47)62)16-17-68-6)56-44(65)35(19-30-21-49-25-53-30)54-38(60)22-52-45(66)40(27(3)4)57-39(61)23-51-42(63)36(18-28-20-50-32-12-8-7-11-31(28)32)58-67-24-29(48-5)10-9-13-37(46)59/h7-8,11-12,20-21,25-27,29,33-36,40,48,50,58H,13,16-19,22-24H2,1-6H3,(H2,46,59)(H2,47,62)(H,49,53)(H,51,63)(H,52,66)(H,54,60)(H,55,64)(H,56,65)(H,57,61)/t29-,33-,34?,35-,36-,40-/m0/s1. The van der Waals surface area contributed by atoms with Crippen molar-refractivity contribution in [3.63, 3.8) is 0 Å². The molecular weight excluding hydrogens is 899 g/mol. The number of rotatable bonds is 27. The lowest BCUT2D eigenvalue weighted by atomic mass is 10.0. The topological polar surface area (TPSA) is 339 Å². The first kappa shape index (κ1) is 55.4. The molecule has 8 amide bonds. The van der Waals surface area contributed by atoms with E-state index >= 15 is 0 Å². The Morgan fingerprint density at radius 1 is 0.794 bits per heavy atom. The van der Waals surface area contributed by atoms with Gasteiger partial charge >= 0.3 is 0 Å². The SMILES string of the molecule is CN[C@@H](C#CCC(N)=O)CON[C@@H](Cc1c[nH]c2ccccc12)C(=O)NCC(=O)N[C@H](C(=O)NCC(=O)N[C@@H](Cc1cnc[nH]1)C(=O)NC(C#CC(C)C)C(=O)N[C@@H](CCSC)C(N)=O)C(C)C. The minimum absolute atomic E-state index is 0.0205. The lowest BCUT2D eigenvalue weighted by Crippen LogP contribution is -2.57. The number of carbonyl (C=O) groups excluding carboxylic acids is 8. The molecule has 0 aliphatic carbocycles. The van der Waals surface area contributed by atoms with Crippen molar-refractivity contribution in [2.45, 2.75) is 89.6 Å². The fraction of sp³-hybridized carbons (Fsp3) is 0.489. The fourth-order valence-corrected chi connectivity index (χ4v) is 6.70. The third-order valence-electron chi connectivity index (χ3n) is 9.86. The first-order chi connectivity index (χ1) is 32.4. The zero-order valence-electron chi connectivity index (χ0n) is 39.0. The predicted octanol–water partition coefficient (Wildman–Crippen LogP) is -2.24. The molecule has 68 heavy (non-hydrogen) atoms. The van der Waals surface area contributed by atoms with E-state index in [1.54, 1.807) is 40.9 Å². The second kappa shape index (κ2) is 29.0. The Kier molecular flexibility index (Phi) is 23.6. The number of imidazole rings is 1. The van der Waals surface area contributed by atoms with Gasteiger partial charge in [0.05, 0.1) is 38.5 Å². The molecule has 1 unspecified atom stereocenters. The second-order valence-electron chi connectivity index (χ2n) is 16.1. The zero-order chi connectivity index (χ0) is 50.2. The van der Waals surface area contributed by atoms with Crippen molar-refractivity contribution < 1.29 is 43.2 Å². The Hall–Kier alpha value is -6.92. The van der Waals surface area contributed by atoms with Crippen molar-refractivity contribution >= 4 is 69.9 Å². The average molecular weight is 962 g/mol. The third kappa shape index (κ3) is 19.5. The molecule has 6 atom stereocenters. The molecule has 0 bridgehead atoms. The van der Waals surface area contributed by atoms with Gasteiger partial charge < -0.3 is 58.7 Å². The number of hydroxylamine groups is 1. The van der Waals surface area contributed by atoms with E-state index in [1.165, 1.54) is 24.3 Å². The molecule has 22 nitrogen and oxygen atoms in total. The molecule has 0 spiro atoms. The summed E-state index contributed by atoms with van der Waals surface area (Å²) in [7, 11) is 1.65. The Morgan fingerprint density at radius 3 is 2.13 bits per heavy atom. The number of likely N-dealkylation sites (N-methyl/N-ethyl adjacent to an activating group) is 1. The Labute approximate surface area is 399 Å². The highest BCUT2D eigenvalue weighted by molar-refractivity contribution is 7.98.